The Morgan fingerprint density at radius 1 is 1.52 bits per heavy atom. The molecule has 1 amide bonds. The van der Waals surface area contributed by atoms with Crippen LogP contribution < -0.4 is 10.6 Å². The molecule has 2 saturated carbocycles. The standard InChI is InChI=1S/C18H22N4O/c1-3-15(12-4-5-12)21-17-11(2)20-10-14(17)18(23)22-16(8-9-19)13-6-7-13/h3,10,12-13,16,21H,2,4-8H2,1H3,(H,22,23)/b15-3-/t16-/m1/s1. The zero-order valence-electron chi connectivity index (χ0n) is 13.4. The number of carbonyl (C=O) groups is 1. The summed E-state index contributed by atoms with van der Waals surface area (Å²) in [5.74, 6) is 0.825. The second-order valence-electron chi connectivity index (χ2n) is 6.42. The van der Waals surface area contributed by atoms with E-state index in [4.69, 9.17) is 5.26 Å². The molecule has 2 fully saturated rings. The lowest BCUT2D eigenvalue weighted by Gasteiger charge is -2.17. The molecule has 0 spiro atoms. The highest BCUT2D eigenvalue weighted by molar-refractivity contribution is 6.15. The molecular weight excluding hydrogens is 288 g/mol. The van der Waals surface area contributed by atoms with E-state index in [0.717, 1.165) is 18.5 Å². The number of amides is 1. The smallest absolute Gasteiger partial charge is 0.255 e. The van der Waals surface area contributed by atoms with Gasteiger partial charge in [-0.2, -0.15) is 5.26 Å². The summed E-state index contributed by atoms with van der Waals surface area (Å²) in [5.41, 5.74) is 2.92. The molecule has 0 radical (unpaired) electrons. The molecule has 23 heavy (non-hydrogen) atoms. The normalized spacial score (nSPS) is 22.1. The summed E-state index contributed by atoms with van der Waals surface area (Å²) in [6, 6.07) is 2.10. The third-order valence-electron chi connectivity index (χ3n) is 4.57. The van der Waals surface area contributed by atoms with Crippen LogP contribution in [0.15, 0.2) is 40.3 Å². The van der Waals surface area contributed by atoms with Crippen molar-refractivity contribution < 1.29 is 4.79 Å². The molecule has 0 aromatic carbocycles. The first-order valence-corrected chi connectivity index (χ1v) is 8.22. The van der Waals surface area contributed by atoms with Crippen LogP contribution in [0.25, 0.3) is 0 Å². The molecule has 1 aliphatic heterocycles. The van der Waals surface area contributed by atoms with Crippen LogP contribution >= 0.6 is 0 Å². The topological polar surface area (TPSA) is 77.3 Å². The number of nitriles is 1. The number of hydrogen-bond acceptors (Lipinski definition) is 4. The maximum absolute atomic E-state index is 12.6. The Bertz CT molecular complexity index is 657. The van der Waals surface area contributed by atoms with Crippen molar-refractivity contribution in [3.05, 3.63) is 35.3 Å². The maximum Gasteiger partial charge on any atom is 0.255 e. The van der Waals surface area contributed by atoms with Crippen molar-refractivity contribution in [2.24, 2.45) is 16.8 Å². The van der Waals surface area contributed by atoms with Crippen LogP contribution in [0.5, 0.6) is 0 Å². The molecule has 0 unspecified atom stereocenters. The minimum absolute atomic E-state index is 0.0619. The predicted molar refractivity (Wildman–Crippen MR) is 89.2 cm³/mol. The van der Waals surface area contributed by atoms with Gasteiger partial charge in [0, 0.05) is 18.0 Å². The van der Waals surface area contributed by atoms with Crippen molar-refractivity contribution >= 4 is 12.1 Å². The van der Waals surface area contributed by atoms with E-state index in [9.17, 15) is 4.79 Å². The minimum atomic E-state index is -0.173. The van der Waals surface area contributed by atoms with Crippen LogP contribution in [0.4, 0.5) is 0 Å². The first kappa shape index (κ1) is 15.5. The number of rotatable bonds is 7. The second-order valence-corrected chi connectivity index (χ2v) is 6.42. The van der Waals surface area contributed by atoms with E-state index in [2.05, 4.69) is 34.4 Å². The van der Waals surface area contributed by atoms with Crippen molar-refractivity contribution in [1.82, 2.24) is 10.6 Å². The van der Waals surface area contributed by atoms with Gasteiger partial charge in [-0.1, -0.05) is 12.7 Å². The molecule has 2 aliphatic carbocycles. The minimum Gasteiger partial charge on any atom is -0.357 e. The summed E-state index contributed by atoms with van der Waals surface area (Å²) in [5, 5.41) is 15.3. The SMILES string of the molecule is C=C1N=CC(C(=O)N[C@H](CC#N)C2CC2)=C1N/C(=C\C)C1CC1. The molecule has 3 aliphatic rings. The molecule has 5 heteroatoms. The number of hydrogen-bond donors (Lipinski definition) is 2. The van der Waals surface area contributed by atoms with Gasteiger partial charge in [-0.3, -0.25) is 9.79 Å². The van der Waals surface area contributed by atoms with Gasteiger partial charge >= 0.3 is 0 Å². The molecule has 0 aromatic rings. The molecule has 2 N–H and O–H groups in total. The zero-order chi connectivity index (χ0) is 16.4. The van der Waals surface area contributed by atoms with Gasteiger partial charge in [0.2, 0.25) is 0 Å². The highest BCUT2D eigenvalue weighted by Crippen LogP contribution is 2.37. The summed E-state index contributed by atoms with van der Waals surface area (Å²) in [7, 11) is 0. The van der Waals surface area contributed by atoms with Crippen LogP contribution in [-0.4, -0.2) is 18.2 Å². The maximum atomic E-state index is 12.6. The van der Waals surface area contributed by atoms with Gasteiger partial charge in [0.1, 0.15) is 0 Å². The Morgan fingerprint density at radius 2 is 2.26 bits per heavy atom. The van der Waals surface area contributed by atoms with E-state index in [1.807, 2.05) is 6.92 Å². The zero-order valence-corrected chi connectivity index (χ0v) is 13.4. The average molecular weight is 310 g/mol. The Labute approximate surface area is 136 Å². The lowest BCUT2D eigenvalue weighted by atomic mass is 10.1. The van der Waals surface area contributed by atoms with Gasteiger partial charge in [-0.25, -0.2) is 0 Å². The van der Waals surface area contributed by atoms with Crippen LogP contribution in [0.1, 0.15) is 39.0 Å². The third kappa shape index (κ3) is 3.53. The molecule has 1 atom stereocenters. The lowest BCUT2D eigenvalue weighted by molar-refractivity contribution is -0.117. The quantitative estimate of drug-likeness (QED) is 0.758. The predicted octanol–water partition coefficient (Wildman–Crippen LogP) is 2.55. The fourth-order valence-corrected chi connectivity index (χ4v) is 2.87. The van der Waals surface area contributed by atoms with Gasteiger partial charge < -0.3 is 10.6 Å². The average Bonchev–Trinajstić information content (AvgIpc) is 3.43. The Hall–Kier alpha value is -2.35. The summed E-state index contributed by atoms with van der Waals surface area (Å²) in [6.45, 7) is 5.92. The summed E-state index contributed by atoms with van der Waals surface area (Å²) >= 11 is 0. The van der Waals surface area contributed by atoms with E-state index in [1.54, 1.807) is 6.21 Å². The molecular formula is C18H22N4O. The van der Waals surface area contributed by atoms with E-state index >= 15 is 0 Å². The van der Waals surface area contributed by atoms with Crippen LogP contribution in [0, 0.1) is 23.2 Å². The van der Waals surface area contributed by atoms with Gasteiger partial charge in [-0.05, 0) is 44.4 Å². The number of allylic oxidation sites excluding steroid dienone is 2. The highest BCUT2D eigenvalue weighted by Gasteiger charge is 2.34. The summed E-state index contributed by atoms with van der Waals surface area (Å²) in [4.78, 5) is 16.8. The first-order valence-electron chi connectivity index (χ1n) is 8.22. The number of aliphatic imine (C=N–C) groups is 1. The number of carbonyl (C=O) groups excluding carboxylic acids is 1. The summed E-state index contributed by atoms with van der Waals surface area (Å²) < 4.78 is 0. The van der Waals surface area contributed by atoms with Crippen LogP contribution in [-0.2, 0) is 4.79 Å². The van der Waals surface area contributed by atoms with E-state index < -0.39 is 0 Å². The Balaban J connectivity index is 1.74. The fraction of sp³-hybridized carbons (Fsp3) is 0.500. The lowest BCUT2D eigenvalue weighted by Crippen LogP contribution is -2.38. The van der Waals surface area contributed by atoms with Gasteiger partial charge in [0.25, 0.3) is 5.91 Å². The van der Waals surface area contributed by atoms with Crippen molar-refractivity contribution in [3.8, 4) is 6.07 Å². The van der Waals surface area contributed by atoms with Gasteiger partial charge in [0.05, 0.1) is 29.5 Å². The van der Waals surface area contributed by atoms with Crippen molar-refractivity contribution in [1.29, 1.82) is 5.26 Å². The van der Waals surface area contributed by atoms with E-state index in [0.29, 0.717) is 35.2 Å². The molecule has 3 rings (SSSR count). The van der Waals surface area contributed by atoms with Crippen LogP contribution in [0.2, 0.25) is 0 Å². The Kier molecular flexibility index (Phi) is 4.33. The molecule has 0 aromatic heterocycles. The van der Waals surface area contributed by atoms with Crippen LogP contribution in [0.3, 0.4) is 0 Å². The molecule has 0 saturated heterocycles. The molecule has 120 valence electrons. The van der Waals surface area contributed by atoms with E-state index in [-0.39, 0.29) is 11.9 Å². The summed E-state index contributed by atoms with van der Waals surface area (Å²) in [6.07, 6.45) is 8.50. The van der Waals surface area contributed by atoms with Crippen molar-refractivity contribution in [2.45, 2.75) is 45.1 Å². The van der Waals surface area contributed by atoms with Crippen molar-refractivity contribution in [3.63, 3.8) is 0 Å². The highest BCUT2D eigenvalue weighted by atomic mass is 16.1. The molecule has 5 nitrogen and oxygen atoms in total. The first-order chi connectivity index (χ1) is 11.1. The van der Waals surface area contributed by atoms with Crippen molar-refractivity contribution in [2.75, 3.05) is 0 Å². The monoisotopic (exact) mass is 310 g/mol. The number of nitrogens with one attached hydrogen (secondary N) is 2. The third-order valence-corrected chi connectivity index (χ3v) is 4.57. The van der Waals surface area contributed by atoms with E-state index in [1.165, 1.54) is 12.8 Å². The largest absolute Gasteiger partial charge is 0.357 e. The Morgan fingerprint density at radius 3 is 2.83 bits per heavy atom. The number of nitrogens with zero attached hydrogens (tertiary/aromatic N) is 2. The molecule has 0 bridgehead atoms. The van der Waals surface area contributed by atoms with Gasteiger partial charge in [0.15, 0.2) is 0 Å². The van der Waals surface area contributed by atoms with Gasteiger partial charge in [-0.15, -0.1) is 0 Å². The fourth-order valence-electron chi connectivity index (χ4n) is 2.87. The second kappa shape index (κ2) is 6.41. The molecule has 1 heterocycles.